The lowest BCUT2D eigenvalue weighted by molar-refractivity contribution is 0.324. The Kier molecular flexibility index (Phi) is 5.68. The highest BCUT2D eigenvalue weighted by Crippen LogP contribution is 2.41. The molecule has 5 nitrogen and oxygen atoms in total. The fraction of sp³-hybridized carbons (Fsp3) is 0.250. The first-order chi connectivity index (χ1) is 12.7. The highest BCUT2D eigenvalue weighted by Gasteiger charge is 2.17. The number of rotatable bonds is 7. The van der Waals surface area contributed by atoms with Gasteiger partial charge in [-0.3, -0.25) is 4.68 Å². The summed E-state index contributed by atoms with van der Waals surface area (Å²) in [6.07, 6.45) is 0. The molecule has 3 aromatic rings. The van der Waals surface area contributed by atoms with Crippen molar-refractivity contribution in [1.82, 2.24) is 9.78 Å². The van der Waals surface area contributed by atoms with E-state index in [9.17, 15) is 0 Å². The summed E-state index contributed by atoms with van der Waals surface area (Å²) >= 11 is 6.02. The van der Waals surface area contributed by atoms with E-state index in [-0.39, 0.29) is 0 Å². The highest BCUT2D eigenvalue weighted by atomic mass is 35.5. The molecule has 0 aliphatic rings. The molecule has 0 N–H and O–H groups in total. The van der Waals surface area contributed by atoms with E-state index in [1.165, 1.54) is 0 Å². The molecule has 136 valence electrons. The van der Waals surface area contributed by atoms with Crippen LogP contribution in [0, 0.1) is 0 Å². The molecule has 26 heavy (non-hydrogen) atoms. The summed E-state index contributed by atoms with van der Waals surface area (Å²) in [7, 11) is 4.80. The maximum atomic E-state index is 6.02. The fourth-order valence-electron chi connectivity index (χ4n) is 2.87. The Bertz CT molecular complexity index is 853. The van der Waals surface area contributed by atoms with Gasteiger partial charge in [0.2, 0.25) is 5.75 Å². The van der Waals surface area contributed by atoms with Crippen molar-refractivity contribution in [2.45, 2.75) is 12.4 Å². The zero-order valence-electron chi connectivity index (χ0n) is 15.0. The van der Waals surface area contributed by atoms with E-state index in [1.54, 1.807) is 21.3 Å². The minimum Gasteiger partial charge on any atom is -0.493 e. The zero-order chi connectivity index (χ0) is 18.5. The monoisotopic (exact) mass is 372 g/mol. The molecule has 6 heteroatoms. The standard InChI is InChI=1S/C20H21ClN2O3/c1-24-18-9-15(10-19(25-2)20(18)26-3)17-11-16(12-21)22-23(17)13-14-7-5-4-6-8-14/h4-11H,12-13H2,1-3H3. The molecule has 0 unspecified atom stereocenters. The van der Waals surface area contributed by atoms with Gasteiger partial charge in [-0.1, -0.05) is 30.3 Å². The quantitative estimate of drug-likeness (QED) is 0.578. The summed E-state index contributed by atoms with van der Waals surface area (Å²) in [6.45, 7) is 0.643. The third-order valence-corrected chi connectivity index (χ3v) is 4.38. The number of halogens is 1. The maximum absolute atomic E-state index is 6.02. The first-order valence-corrected chi connectivity index (χ1v) is 8.70. The second kappa shape index (κ2) is 8.15. The molecule has 0 aliphatic carbocycles. The molecule has 0 saturated carbocycles. The molecule has 0 spiro atoms. The lowest BCUT2D eigenvalue weighted by atomic mass is 10.1. The van der Waals surface area contributed by atoms with Crippen LogP contribution in [0.1, 0.15) is 11.3 Å². The lowest BCUT2D eigenvalue weighted by Gasteiger charge is -2.15. The second-order valence-corrected chi connectivity index (χ2v) is 5.98. The average molecular weight is 373 g/mol. The summed E-state index contributed by atoms with van der Waals surface area (Å²) in [4.78, 5) is 0. The smallest absolute Gasteiger partial charge is 0.203 e. The first-order valence-electron chi connectivity index (χ1n) is 8.17. The molecule has 0 radical (unpaired) electrons. The van der Waals surface area contributed by atoms with Crippen molar-refractivity contribution in [3.8, 4) is 28.5 Å². The van der Waals surface area contributed by atoms with Crippen LogP contribution in [-0.2, 0) is 12.4 Å². The minimum absolute atomic E-state index is 0.346. The van der Waals surface area contributed by atoms with Gasteiger partial charge in [-0.25, -0.2) is 0 Å². The van der Waals surface area contributed by atoms with Crippen LogP contribution in [0.5, 0.6) is 17.2 Å². The summed E-state index contributed by atoms with van der Waals surface area (Å²) in [5.41, 5.74) is 3.82. The summed E-state index contributed by atoms with van der Waals surface area (Å²) in [5.74, 6) is 2.10. The van der Waals surface area contributed by atoms with Crippen molar-refractivity contribution in [3.05, 3.63) is 59.8 Å². The van der Waals surface area contributed by atoms with Crippen LogP contribution in [0.15, 0.2) is 48.5 Å². The van der Waals surface area contributed by atoms with Gasteiger partial charge in [0.05, 0.1) is 45.1 Å². The van der Waals surface area contributed by atoms with Gasteiger partial charge in [-0.05, 0) is 23.8 Å². The van der Waals surface area contributed by atoms with E-state index in [4.69, 9.17) is 25.8 Å². The summed E-state index contributed by atoms with van der Waals surface area (Å²) in [6, 6.07) is 16.0. The Labute approximate surface area is 158 Å². The molecular weight excluding hydrogens is 352 g/mol. The van der Waals surface area contributed by atoms with Crippen molar-refractivity contribution in [2.24, 2.45) is 0 Å². The Morgan fingerprint density at radius 1 is 0.923 bits per heavy atom. The van der Waals surface area contributed by atoms with Crippen LogP contribution >= 0.6 is 11.6 Å². The van der Waals surface area contributed by atoms with Gasteiger partial charge in [-0.2, -0.15) is 5.10 Å². The van der Waals surface area contributed by atoms with Crippen LogP contribution in [0.4, 0.5) is 0 Å². The van der Waals surface area contributed by atoms with E-state index >= 15 is 0 Å². The number of aromatic nitrogens is 2. The number of hydrogen-bond acceptors (Lipinski definition) is 4. The molecule has 0 bridgehead atoms. The van der Waals surface area contributed by atoms with Gasteiger partial charge >= 0.3 is 0 Å². The predicted molar refractivity (Wildman–Crippen MR) is 102 cm³/mol. The first kappa shape index (κ1) is 18.1. The number of hydrogen-bond donors (Lipinski definition) is 0. The lowest BCUT2D eigenvalue weighted by Crippen LogP contribution is -2.04. The highest BCUT2D eigenvalue weighted by molar-refractivity contribution is 6.16. The van der Waals surface area contributed by atoms with E-state index in [1.807, 2.05) is 41.1 Å². The Hall–Kier alpha value is -2.66. The van der Waals surface area contributed by atoms with Crippen LogP contribution in [0.2, 0.25) is 0 Å². The molecule has 0 amide bonds. The average Bonchev–Trinajstić information content (AvgIpc) is 3.10. The number of nitrogens with zero attached hydrogens (tertiary/aromatic N) is 2. The largest absolute Gasteiger partial charge is 0.493 e. The fourth-order valence-corrected chi connectivity index (χ4v) is 3.00. The molecule has 3 rings (SSSR count). The number of ether oxygens (including phenoxy) is 3. The van der Waals surface area contributed by atoms with Crippen molar-refractivity contribution in [1.29, 1.82) is 0 Å². The molecule has 1 heterocycles. The molecule has 2 aromatic carbocycles. The Morgan fingerprint density at radius 2 is 1.58 bits per heavy atom. The molecule has 0 fully saturated rings. The third-order valence-electron chi connectivity index (χ3n) is 4.10. The molecular formula is C20H21ClN2O3. The summed E-state index contributed by atoms with van der Waals surface area (Å²) < 4.78 is 18.3. The number of benzene rings is 2. The zero-order valence-corrected chi connectivity index (χ0v) is 15.8. The van der Waals surface area contributed by atoms with Gasteiger partial charge < -0.3 is 14.2 Å². The van der Waals surface area contributed by atoms with Gasteiger partial charge in [0.15, 0.2) is 11.5 Å². The minimum atomic E-state index is 0.346. The van der Waals surface area contributed by atoms with Gasteiger partial charge in [-0.15, -0.1) is 11.6 Å². The Balaban J connectivity index is 2.10. The number of alkyl halides is 1. The third kappa shape index (κ3) is 3.63. The van der Waals surface area contributed by atoms with Crippen molar-refractivity contribution in [2.75, 3.05) is 21.3 Å². The van der Waals surface area contributed by atoms with E-state index in [2.05, 4.69) is 17.2 Å². The van der Waals surface area contributed by atoms with Crippen molar-refractivity contribution >= 4 is 11.6 Å². The van der Waals surface area contributed by atoms with Crippen LogP contribution < -0.4 is 14.2 Å². The van der Waals surface area contributed by atoms with Crippen molar-refractivity contribution < 1.29 is 14.2 Å². The molecule has 0 saturated heterocycles. The van der Waals surface area contributed by atoms with E-state index < -0.39 is 0 Å². The van der Waals surface area contributed by atoms with E-state index in [0.717, 1.165) is 22.5 Å². The predicted octanol–water partition coefficient (Wildman–Crippen LogP) is 4.36. The maximum Gasteiger partial charge on any atom is 0.203 e. The summed E-state index contributed by atoms with van der Waals surface area (Å²) in [5, 5.41) is 4.63. The normalized spacial score (nSPS) is 10.6. The van der Waals surface area contributed by atoms with Crippen LogP contribution in [0.25, 0.3) is 11.3 Å². The molecule has 0 atom stereocenters. The van der Waals surface area contributed by atoms with Gasteiger partial charge in [0, 0.05) is 5.56 Å². The molecule has 0 aliphatic heterocycles. The van der Waals surface area contributed by atoms with Gasteiger partial charge in [0.1, 0.15) is 0 Å². The Morgan fingerprint density at radius 3 is 2.12 bits per heavy atom. The van der Waals surface area contributed by atoms with Crippen LogP contribution in [-0.4, -0.2) is 31.1 Å². The topological polar surface area (TPSA) is 45.5 Å². The SMILES string of the molecule is COc1cc(-c2cc(CCl)nn2Cc2ccccc2)cc(OC)c1OC. The van der Waals surface area contributed by atoms with Gasteiger partial charge in [0.25, 0.3) is 0 Å². The molecule has 1 aromatic heterocycles. The second-order valence-electron chi connectivity index (χ2n) is 5.71. The van der Waals surface area contributed by atoms with E-state index in [0.29, 0.717) is 29.7 Å². The van der Waals surface area contributed by atoms with Crippen LogP contribution in [0.3, 0.4) is 0 Å². The van der Waals surface area contributed by atoms with Crippen molar-refractivity contribution in [3.63, 3.8) is 0 Å². The number of methoxy groups -OCH3 is 3.